The van der Waals surface area contributed by atoms with Crippen LogP contribution in [0, 0.1) is 5.92 Å². The SMILES string of the molecule is CC(C)Cc1csc(Cl)n1. The average Bonchev–Trinajstić information content (AvgIpc) is 2.13. The molecule has 0 fully saturated rings. The van der Waals surface area contributed by atoms with Gasteiger partial charge in [0.05, 0.1) is 5.69 Å². The Hall–Kier alpha value is -0.0800. The molecule has 0 aliphatic rings. The lowest BCUT2D eigenvalue weighted by Gasteiger charge is -1.97. The molecule has 0 N–H and O–H groups in total. The van der Waals surface area contributed by atoms with E-state index in [0.717, 1.165) is 12.1 Å². The van der Waals surface area contributed by atoms with Crippen LogP contribution in [0.25, 0.3) is 0 Å². The van der Waals surface area contributed by atoms with Gasteiger partial charge >= 0.3 is 0 Å². The summed E-state index contributed by atoms with van der Waals surface area (Å²) >= 11 is 7.15. The Balaban J connectivity index is 2.58. The Bertz CT molecular complexity index is 207. The molecule has 0 atom stereocenters. The van der Waals surface area contributed by atoms with Crippen LogP contribution in [0.3, 0.4) is 0 Å². The van der Waals surface area contributed by atoms with Gasteiger partial charge in [-0.2, -0.15) is 0 Å². The van der Waals surface area contributed by atoms with Crippen molar-refractivity contribution >= 4 is 22.9 Å². The quantitative estimate of drug-likeness (QED) is 0.674. The van der Waals surface area contributed by atoms with E-state index in [1.165, 1.54) is 11.3 Å². The van der Waals surface area contributed by atoms with Gasteiger partial charge in [-0.05, 0) is 12.3 Å². The molecule has 0 saturated heterocycles. The number of rotatable bonds is 2. The van der Waals surface area contributed by atoms with Crippen molar-refractivity contribution < 1.29 is 0 Å². The Labute approximate surface area is 70.1 Å². The highest BCUT2D eigenvalue weighted by molar-refractivity contribution is 7.13. The highest BCUT2D eigenvalue weighted by Crippen LogP contribution is 2.17. The van der Waals surface area contributed by atoms with Crippen LogP contribution in [-0.2, 0) is 6.42 Å². The van der Waals surface area contributed by atoms with Gasteiger partial charge in [-0.15, -0.1) is 11.3 Å². The highest BCUT2D eigenvalue weighted by atomic mass is 35.5. The second kappa shape index (κ2) is 3.35. The number of nitrogens with zero attached hydrogens (tertiary/aromatic N) is 1. The standard InChI is InChI=1S/C7H10ClNS/c1-5(2)3-6-4-10-7(8)9-6/h4-5H,3H2,1-2H3. The molecule has 1 aromatic rings. The number of halogens is 1. The van der Waals surface area contributed by atoms with Crippen LogP contribution in [0.4, 0.5) is 0 Å². The molecular weight excluding hydrogens is 166 g/mol. The van der Waals surface area contributed by atoms with Gasteiger partial charge in [0.2, 0.25) is 0 Å². The first-order valence-corrected chi connectivity index (χ1v) is 4.54. The van der Waals surface area contributed by atoms with Crippen molar-refractivity contribution in [3.05, 3.63) is 15.5 Å². The normalized spacial score (nSPS) is 10.8. The van der Waals surface area contributed by atoms with Crippen molar-refractivity contribution in [2.24, 2.45) is 5.92 Å². The van der Waals surface area contributed by atoms with Crippen molar-refractivity contribution in [1.29, 1.82) is 0 Å². The number of hydrogen-bond donors (Lipinski definition) is 0. The lowest BCUT2D eigenvalue weighted by Crippen LogP contribution is -1.93. The van der Waals surface area contributed by atoms with Gasteiger partial charge in [0.15, 0.2) is 4.47 Å². The molecular formula is C7H10ClNS. The molecule has 1 aromatic heterocycles. The maximum atomic E-state index is 5.65. The van der Waals surface area contributed by atoms with Gasteiger partial charge in [-0.25, -0.2) is 4.98 Å². The van der Waals surface area contributed by atoms with Crippen molar-refractivity contribution in [2.45, 2.75) is 20.3 Å². The molecule has 0 amide bonds. The molecule has 0 aliphatic carbocycles. The molecule has 0 bridgehead atoms. The second-order valence-corrected chi connectivity index (χ2v) is 4.13. The molecule has 1 heterocycles. The van der Waals surface area contributed by atoms with E-state index in [0.29, 0.717) is 10.4 Å². The minimum absolute atomic E-state index is 0.649. The summed E-state index contributed by atoms with van der Waals surface area (Å²) in [6.07, 6.45) is 1.03. The van der Waals surface area contributed by atoms with Crippen LogP contribution >= 0.6 is 22.9 Å². The van der Waals surface area contributed by atoms with Crippen molar-refractivity contribution in [1.82, 2.24) is 4.98 Å². The summed E-state index contributed by atoms with van der Waals surface area (Å²) in [4.78, 5) is 4.13. The van der Waals surface area contributed by atoms with Crippen molar-refractivity contribution in [3.8, 4) is 0 Å². The third-order valence-electron chi connectivity index (χ3n) is 1.14. The molecule has 0 radical (unpaired) electrons. The summed E-state index contributed by atoms with van der Waals surface area (Å²) < 4.78 is 0.649. The van der Waals surface area contributed by atoms with Crippen LogP contribution in [0.1, 0.15) is 19.5 Å². The van der Waals surface area contributed by atoms with Crippen LogP contribution in [0.2, 0.25) is 4.47 Å². The van der Waals surface area contributed by atoms with E-state index in [9.17, 15) is 0 Å². The van der Waals surface area contributed by atoms with E-state index in [4.69, 9.17) is 11.6 Å². The molecule has 56 valence electrons. The maximum absolute atomic E-state index is 5.65. The molecule has 0 aromatic carbocycles. The Morgan fingerprint density at radius 1 is 1.70 bits per heavy atom. The first-order chi connectivity index (χ1) is 4.68. The minimum atomic E-state index is 0.649. The minimum Gasteiger partial charge on any atom is -0.230 e. The topological polar surface area (TPSA) is 12.9 Å². The lowest BCUT2D eigenvalue weighted by molar-refractivity contribution is 0.638. The largest absolute Gasteiger partial charge is 0.230 e. The maximum Gasteiger partial charge on any atom is 0.183 e. The summed E-state index contributed by atoms with van der Waals surface area (Å²) in [6.45, 7) is 4.35. The van der Waals surface area contributed by atoms with E-state index in [1.54, 1.807) is 0 Å². The van der Waals surface area contributed by atoms with Gasteiger partial charge in [-0.3, -0.25) is 0 Å². The molecule has 10 heavy (non-hydrogen) atoms. The lowest BCUT2D eigenvalue weighted by atomic mass is 10.1. The van der Waals surface area contributed by atoms with Gasteiger partial charge in [0.25, 0.3) is 0 Å². The average molecular weight is 176 g/mol. The fraction of sp³-hybridized carbons (Fsp3) is 0.571. The zero-order valence-corrected chi connectivity index (χ0v) is 7.67. The predicted octanol–water partition coefficient (Wildman–Crippen LogP) is 3.00. The molecule has 1 rings (SSSR count). The molecule has 3 heteroatoms. The van der Waals surface area contributed by atoms with E-state index in [2.05, 4.69) is 18.8 Å². The fourth-order valence-corrected chi connectivity index (χ4v) is 1.59. The van der Waals surface area contributed by atoms with Crippen molar-refractivity contribution in [3.63, 3.8) is 0 Å². The van der Waals surface area contributed by atoms with Gasteiger partial charge in [-0.1, -0.05) is 25.4 Å². The van der Waals surface area contributed by atoms with Crippen LogP contribution in [0.15, 0.2) is 5.38 Å². The van der Waals surface area contributed by atoms with E-state index < -0.39 is 0 Å². The summed E-state index contributed by atoms with van der Waals surface area (Å²) in [7, 11) is 0. The van der Waals surface area contributed by atoms with E-state index in [-0.39, 0.29) is 0 Å². The summed E-state index contributed by atoms with van der Waals surface area (Å²) in [5.41, 5.74) is 1.12. The van der Waals surface area contributed by atoms with E-state index >= 15 is 0 Å². The van der Waals surface area contributed by atoms with Crippen LogP contribution < -0.4 is 0 Å². The van der Waals surface area contributed by atoms with Gasteiger partial charge in [0.1, 0.15) is 0 Å². The highest BCUT2D eigenvalue weighted by Gasteiger charge is 2.01. The van der Waals surface area contributed by atoms with Gasteiger partial charge < -0.3 is 0 Å². The van der Waals surface area contributed by atoms with Gasteiger partial charge in [0, 0.05) is 5.38 Å². The molecule has 0 unspecified atom stereocenters. The third-order valence-corrected chi connectivity index (χ3v) is 2.17. The zero-order valence-electron chi connectivity index (χ0n) is 6.10. The fourth-order valence-electron chi connectivity index (χ4n) is 0.794. The number of thiazole rings is 1. The smallest absolute Gasteiger partial charge is 0.183 e. The summed E-state index contributed by atoms with van der Waals surface area (Å²) in [5, 5.41) is 2.02. The zero-order chi connectivity index (χ0) is 7.56. The molecule has 0 spiro atoms. The molecule has 1 nitrogen and oxygen atoms in total. The second-order valence-electron chi connectivity index (χ2n) is 2.69. The predicted molar refractivity (Wildman–Crippen MR) is 45.7 cm³/mol. The van der Waals surface area contributed by atoms with E-state index in [1.807, 2.05) is 5.38 Å². The number of aromatic nitrogens is 1. The third kappa shape index (κ3) is 2.27. The number of hydrogen-bond acceptors (Lipinski definition) is 2. The Morgan fingerprint density at radius 2 is 2.40 bits per heavy atom. The molecule has 0 aliphatic heterocycles. The first-order valence-electron chi connectivity index (χ1n) is 3.28. The summed E-state index contributed by atoms with van der Waals surface area (Å²) in [6, 6.07) is 0. The Kier molecular flexibility index (Phi) is 2.69. The first kappa shape index (κ1) is 8.02. The van der Waals surface area contributed by atoms with Crippen LogP contribution in [-0.4, -0.2) is 4.98 Å². The summed E-state index contributed by atoms with van der Waals surface area (Å²) in [5.74, 6) is 0.665. The Morgan fingerprint density at radius 3 is 2.80 bits per heavy atom. The van der Waals surface area contributed by atoms with Crippen molar-refractivity contribution in [2.75, 3.05) is 0 Å². The monoisotopic (exact) mass is 175 g/mol. The van der Waals surface area contributed by atoms with Crippen LogP contribution in [0.5, 0.6) is 0 Å². The molecule has 0 saturated carbocycles.